The van der Waals surface area contributed by atoms with E-state index in [0.717, 1.165) is 17.8 Å². The number of morpholine rings is 1. The Hall–Kier alpha value is -1.17. The van der Waals surface area contributed by atoms with E-state index in [0.29, 0.717) is 19.7 Å². The van der Waals surface area contributed by atoms with Crippen LogP contribution in [0.4, 0.5) is 10.1 Å². The fourth-order valence-electron chi connectivity index (χ4n) is 2.19. The van der Waals surface area contributed by atoms with Crippen LogP contribution in [-0.2, 0) is 11.3 Å². The van der Waals surface area contributed by atoms with Crippen molar-refractivity contribution in [2.45, 2.75) is 12.6 Å². The van der Waals surface area contributed by atoms with Crippen molar-refractivity contribution >= 4 is 5.69 Å². The number of nitrogens with zero attached hydrogens (tertiary/aromatic N) is 1. The van der Waals surface area contributed by atoms with Crippen LogP contribution in [0.25, 0.3) is 0 Å². The molecule has 18 heavy (non-hydrogen) atoms. The second-order valence-corrected chi connectivity index (χ2v) is 4.47. The molecule has 1 aliphatic rings. The summed E-state index contributed by atoms with van der Waals surface area (Å²) in [7, 11) is 1.83. The lowest BCUT2D eigenvalue weighted by atomic mass is 10.1. The maximum atomic E-state index is 13.5. The molecule has 5 heteroatoms. The van der Waals surface area contributed by atoms with Gasteiger partial charge in [-0.25, -0.2) is 4.39 Å². The molecule has 1 atom stereocenters. The van der Waals surface area contributed by atoms with Gasteiger partial charge in [-0.1, -0.05) is 0 Å². The topological polar surface area (TPSA) is 44.7 Å². The van der Waals surface area contributed by atoms with Crippen LogP contribution in [-0.4, -0.2) is 44.6 Å². The molecule has 0 saturated carbocycles. The van der Waals surface area contributed by atoms with Crippen LogP contribution in [0.1, 0.15) is 5.56 Å². The van der Waals surface area contributed by atoms with E-state index >= 15 is 0 Å². The van der Waals surface area contributed by atoms with Gasteiger partial charge in [-0.15, -0.1) is 0 Å². The molecule has 1 saturated heterocycles. The van der Waals surface area contributed by atoms with E-state index in [2.05, 4.69) is 5.32 Å². The molecule has 1 aromatic rings. The first kappa shape index (κ1) is 13.3. The molecule has 1 aromatic carbocycles. The zero-order chi connectivity index (χ0) is 13.0. The van der Waals surface area contributed by atoms with Gasteiger partial charge in [0.15, 0.2) is 0 Å². The van der Waals surface area contributed by atoms with Crippen LogP contribution in [0.2, 0.25) is 0 Å². The van der Waals surface area contributed by atoms with Crippen molar-refractivity contribution in [1.82, 2.24) is 5.32 Å². The Bertz CT molecular complexity index is 401. The summed E-state index contributed by atoms with van der Waals surface area (Å²) in [6.07, 6.45) is -0.185. The monoisotopic (exact) mass is 254 g/mol. The number of benzene rings is 1. The van der Waals surface area contributed by atoms with Crippen molar-refractivity contribution in [3.05, 3.63) is 29.6 Å². The number of nitrogens with one attached hydrogen (secondary N) is 1. The van der Waals surface area contributed by atoms with E-state index in [4.69, 9.17) is 9.84 Å². The van der Waals surface area contributed by atoms with Crippen LogP contribution in [0.15, 0.2) is 18.2 Å². The third-order valence-corrected chi connectivity index (χ3v) is 3.03. The minimum absolute atomic E-state index is 0.00477. The third-order valence-electron chi connectivity index (χ3n) is 3.03. The van der Waals surface area contributed by atoms with E-state index in [1.807, 2.05) is 18.0 Å². The minimum atomic E-state index is -0.232. The molecule has 0 amide bonds. The lowest BCUT2D eigenvalue weighted by molar-refractivity contribution is 0.00355. The molecule has 1 fully saturated rings. The number of halogens is 1. The fourth-order valence-corrected chi connectivity index (χ4v) is 2.19. The molecular formula is C13H19FN2O2. The van der Waals surface area contributed by atoms with Gasteiger partial charge in [-0.05, 0) is 30.8 Å². The number of aliphatic hydroxyl groups excluding tert-OH is 1. The number of aliphatic hydroxyl groups is 1. The smallest absolute Gasteiger partial charge is 0.125 e. The molecule has 0 spiro atoms. The Labute approximate surface area is 106 Å². The highest BCUT2D eigenvalue weighted by atomic mass is 19.1. The third kappa shape index (κ3) is 3.19. The average Bonchev–Trinajstić information content (AvgIpc) is 2.38. The maximum absolute atomic E-state index is 13.5. The molecule has 4 nitrogen and oxygen atoms in total. The van der Waals surface area contributed by atoms with Crippen molar-refractivity contribution < 1.29 is 14.2 Å². The van der Waals surface area contributed by atoms with Gasteiger partial charge in [0.25, 0.3) is 0 Å². The molecule has 2 N–H and O–H groups in total. The van der Waals surface area contributed by atoms with Gasteiger partial charge in [-0.2, -0.15) is 0 Å². The molecule has 0 radical (unpaired) electrons. The predicted molar refractivity (Wildman–Crippen MR) is 68.2 cm³/mol. The molecule has 0 bridgehead atoms. The average molecular weight is 254 g/mol. The van der Waals surface area contributed by atoms with E-state index in [-0.39, 0.29) is 18.5 Å². The van der Waals surface area contributed by atoms with Gasteiger partial charge in [0.2, 0.25) is 0 Å². The van der Waals surface area contributed by atoms with E-state index < -0.39 is 0 Å². The minimum Gasteiger partial charge on any atom is -0.394 e. The Kier molecular flexibility index (Phi) is 4.52. The van der Waals surface area contributed by atoms with Crippen molar-refractivity contribution in [2.24, 2.45) is 0 Å². The SMILES string of the molecule is CNCc1cc(F)cc(N2CCOC(CO)C2)c1. The quantitative estimate of drug-likeness (QED) is 0.832. The summed E-state index contributed by atoms with van der Waals surface area (Å²) < 4.78 is 18.9. The second-order valence-electron chi connectivity index (χ2n) is 4.47. The number of hydrogen-bond acceptors (Lipinski definition) is 4. The predicted octanol–water partition coefficient (Wildman–Crippen LogP) is 0.743. The first-order valence-electron chi connectivity index (χ1n) is 6.14. The Morgan fingerprint density at radius 1 is 1.50 bits per heavy atom. The highest BCUT2D eigenvalue weighted by Gasteiger charge is 2.20. The van der Waals surface area contributed by atoms with Crippen molar-refractivity contribution in [3.63, 3.8) is 0 Å². The van der Waals surface area contributed by atoms with Gasteiger partial charge in [0.05, 0.1) is 19.3 Å². The maximum Gasteiger partial charge on any atom is 0.125 e. The summed E-state index contributed by atoms with van der Waals surface area (Å²) in [5.74, 6) is -0.232. The summed E-state index contributed by atoms with van der Waals surface area (Å²) >= 11 is 0. The number of anilines is 1. The highest BCUT2D eigenvalue weighted by molar-refractivity contribution is 5.49. The highest BCUT2D eigenvalue weighted by Crippen LogP contribution is 2.21. The molecule has 100 valence electrons. The molecule has 1 heterocycles. The number of hydrogen-bond donors (Lipinski definition) is 2. The zero-order valence-electron chi connectivity index (χ0n) is 10.5. The van der Waals surface area contributed by atoms with Crippen molar-refractivity contribution in [3.8, 4) is 0 Å². The fraction of sp³-hybridized carbons (Fsp3) is 0.538. The lowest BCUT2D eigenvalue weighted by Gasteiger charge is -2.34. The molecule has 1 unspecified atom stereocenters. The summed E-state index contributed by atoms with van der Waals surface area (Å²) in [5, 5.41) is 12.1. The Balaban J connectivity index is 2.16. The van der Waals surface area contributed by atoms with E-state index in [1.165, 1.54) is 12.1 Å². The molecule has 0 aliphatic carbocycles. The van der Waals surface area contributed by atoms with Gasteiger partial charge in [0.1, 0.15) is 5.82 Å². The number of rotatable bonds is 4. The van der Waals surface area contributed by atoms with Gasteiger partial charge >= 0.3 is 0 Å². The largest absolute Gasteiger partial charge is 0.394 e. The van der Waals surface area contributed by atoms with Crippen LogP contribution < -0.4 is 10.2 Å². The standard InChI is InChI=1S/C13H19FN2O2/c1-15-7-10-4-11(14)6-12(5-10)16-2-3-18-13(8-16)9-17/h4-6,13,15,17H,2-3,7-9H2,1H3. The lowest BCUT2D eigenvalue weighted by Crippen LogP contribution is -2.44. The van der Waals surface area contributed by atoms with Crippen LogP contribution in [0, 0.1) is 5.82 Å². The molecule has 0 aromatic heterocycles. The zero-order valence-corrected chi connectivity index (χ0v) is 10.5. The summed E-state index contributed by atoms with van der Waals surface area (Å²) in [4.78, 5) is 2.05. The van der Waals surface area contributed by atoms with Crippen LogP contribution in [0.3, 0.4) is 0 Å². The molecular weight excluding hydrogens is 235 g/mol. The van der Waals surface area contributed by atoms with Crippen LogP contribution >= 0.6 is 0 Å². The van der Waals surface area contributed by atoms with Gasteiger partial charge in [0, 0.05) is 25.3 Å². The van der Waals surface area contributed by atoms with Gasteiger partial charge < -0.3 is 20.1 Å². The summed E-state index contributed by atoms with van der Waals surface area (Å²) in [6.45, 7) is 2.51. The van der Waals surface area contributed by atoms with E-state index in [1.54, 1.807) is 0 Å². The Morgan fingerprint density at radius 2 is 2.33 bits per heavy atom. The molecule has 2 rings (SSSR count). The van der Waals surface area contributed by atoms with Gasteiger partial charge in [-0.3, -0.25) is 0 Å². The summed E-state index contributed by atoms with van der Waals surface area (Å²) in [6, 6.07) is 5.03. The first-order chi connectivity index (χ1) is 8.72. The normalized spacial score (nSPS) is 20.2. The Morgan fingerprint density at radius 3 is 3.06 bits per heavy atom. The van der Waals surface area contributed by atoms with Crippen LogP contribution in [0.5, 0.6) is 0 Å². The van der Waals surface area contributed by atoms with E-state index in [9.17, 15) is 4.39 Å². The number of ether oxygens (including phenoxy) is 1. The molecule has 1 aliphatic heterocycles. The van der Waals surface area contributed by atoms with Crippen molar-refractivity contribution in [1.29, 1.82) is 0 Å². The van der Waals surface area contributed by atoms with Crippen molar-refractivity contribution in [2.75, 3.05) is 38.3 Å². The second kappa shape index (κ2) is 6.13. The first-order valence-corrected chi connectivity index (χ1v) is 6.14. The summed E-state index contributed by atoms with van der Waals surface area (Å²) in [5.41, 5.74) is 1.77.